The molecule has 1 saturated heterocycles. The zero-order chi connectivity index (χ0) is 16.7. The number of aliphatic hydroxyl groups is 1. The molecule has 2 rings (SSSR count). The quantitative estimate of drug-likeness (QED) is 0.730. The Morgan fingerprint density at radius 3 is 2.96 bits per heavy atom. The zero-order valence-corrected chi connectivity index (χ0v) is 13.1. The predicted molar refractivity (Wildman–Crippen MR) is 82.1 cm³/mol. The van der Waals surface area contributed by atoms with Crippen molar-refractivity contribution in [2.45, 2.75) is 32.1 Å². The van der Waals surface area contributed by atoms with E-state index in [1.165, 1.54) is 5.01 Å². The molecule has 0 aromatic heterocycles. The number of carbonyl (C=O) groups excluding carboxylic acids is 2. The Morgan fingerprint density at radius 2 is 2.26 bits per heavy atom. The number of rotatable bonds is 7. The largest absolute Gasteiger partial charge is 0.448 e. The number of hydrogen-bond acceptors (Lipinski definition) is 6. The molecule has 7 nitrogen and oxygen atoms in total. The summed E-state index contributed by atoms with van der Waals surface area (Å²) in [5.41, 5.74) is 3.61. The van der Waals surface area contributed by atoms with E-state index in [0.29, 0.717) is 12.8 Å². The maximum absolute atomic E-state index is 11.8. The van der Waals surface area contributed by atoms with Crippen LogP contribution < -0.4 is 5.43 Å². The SMILES string of the molecule is CC(CC=O)COC(=O)NN1COC(O)C1Cc1ccccc1. The Bertz CT molecular complexity index is 510. The van der Waals surface area contributed by atoms with E-state index in [-0.39, 0.29) is 19.3 Å². The number of ether oxygens (including phenoxy) is 2. The van der Waals surface area contributed by atoms with E-state index in [1.807, 2.05) is 37.3 Å². The molecule has 1 aromatic rings. The van der Waals surface area contributed by atoms with Gasteiger partial charge in [-0.25, -0.2) is 4.79 Å². The van der Waals surface area contributed by atoms with Gasteiger partial charge < -0.3 is 19.4 Å². The first-order valence-electron chi connectivity index (χ1n) is 7.57. The Labute approximate surface area is 135 Å². The van der Waals surface area contributed by atoms with Crippen molar-refractivity contribution >= 4 is 12.4 Å². The maximum Gasteiger partial charge on any atom is 0.421 e. The topological polar surface area (TPSA) is 88.1 Å². The van der Waals surface area contributed by atoms with Crippen molar-refractivity contribution in [2.24, 2.45) is 5.92 Å². The molecular formula is C16H22N2O5. The van der Waals surface area contributed by atoms with Crippen molar-refractivity contribution < 1.29 is 24.2 Å². The molecule has 0 aliphatic carbocycles. The van der Waals surface area contributed by atoms with Gasteiger partial charge in [0.25, 0.3) is 0 Å². The molecule has 1 aromatic carbocycles. The Kier molecular flexibility index (Phi) is 6.52. The van der Waals surface area contributed by atoms with Crippen LogP contribution in [-0.4, -0.2) is 48.2 Å². The van der Waals surface area contributed by atoms with E-state index >= 15 is 0 Å². The molecule has 3 atom stereocenters. The van der Waals surface area contributed by atoms with Crippen LogP contribution in [0, 0.1) is 5.92 Å². The molecule has 0 bridgehead atoms. The minimum atomic E-state index is -0.982. The molecular weight excluding hydrogens is 300 g/mol. The molecule has 3 unspecified atom stereocenters. The number of nitrogens with zero attached hydrogens (tertiary/aromatic N) is 1. The Morgan fingerprint density at radius 1 is 1.52 bits per heavy atom. The summed E-state index contributed by atoms with van der Waals surface area (Å²) < 4.78 is 10.2. The molecule has 1 heterocycles. The van der Waals surface area contributed by atoms with Crippen LogP contribution in [0.1, 0.15) is 18.9 Å². The van der Waals surface area contributed by atoms with Crippen molar-refractivity contribution in [1.82, 2.24) is 10.4 Å². The molecule has 23 heavy (non-hydrogen) atoms. The average molecular weight is 322 g/mol. The highest BCUT2D eigenvalue weighted by atomic mass is 16.6. The van der Waals surface area contributed by atoms with Crippen LogP contribution in [0.3, 0.4) is 0 Å². The third kappa shape index (κ3) is 5.31. The van der Waals surface area contributed by atoms with Gasteiger partial charge in [-0.05, 0) is 17.9 Å². The van der Waals surface area contributed by atoms with Crippen LogP contribution in [0.15, 0.2) is 30.3 Å². The summed E-state index contributed by atoms with van der Waals surface area (Å²) in [6.45, 7) is 2.06. The number of hydrazine groups is 1. The molecule has 2 N–H and O–H groups in total. The summed E-state index contributed by atoms with van der Waals surface area (Å²) in [4.78, 5) is 22.2. The summed E-state index contributed by atoms with van der Waals surface area (Å²) in [5, 5.41) is 11.4. The lowest BCUT2D eigenvalue weighted by Crippen LogP contribution is -2.48. The molecule has 7 heteroatoms. The van der Waals surface area contributed by atoms with Crippen molar-refractivity contribution in [1.29, 1.82) is 0 Å². The van der Waals surface area contributed by atoms with Crippen LogP contribution in [0.5, 0.6) is 0 Å². The highest BCUT2D eigenvalue weighted by Crippen LogP contribution is 2.18. The number of benzene rings is 1. The van der Waals surface area contributed by atoms with E-state index < -0.39 is 18.4 Å². The van der Waals surface area contributed by atoms with Gasteiger partial charge in [0.2, 0.25) is 0 Å². The normalized spacial score (nSPS) is 22.5. The van der Waals surface area contributed by atoms with Crippen LogP contribution in [-0.2, 0) is 20.7 Å². The number of nitrogens with one attached hydrogen (secondary N) is 1. The molecule has 0 saturated carbocycles. The fourth-order valence-electron chi connectivity index (χ4n) is 2.30. The van der Waals surface area contributed by atoms with Crippen LogP contribution in [0.2, 0.25) is 0 Å². The Hall–Kier alpha value is -1.96. The second kappa shape index (κ2) is 8.61. The lowest BCUT2D eigenvalue weighted by Gasteiger charge is -2.24. The van der Waals surface area contributed by atoms with E-state index in [9.17, 15) is 14.7 Å². The number of hydrogen-bond donors (Lipinski definition) is 2. The molecule has 1 aliphatic heterocycles. The van der Waals surface area contributed by atoms with E-state index in [0.717, 1.165) is 11.8 Å². The third-order valence-corrected chi connectivity index (χ3v) is 3.63. The lowest BCUT2D eigenvalue weighted by atomic mass is 10.1. The summed E-state index contributed by atoms with van der Waals surface area (Å²) in [6, 6.07) is 9.25. The smallest absolute Gasteiger partial charge is 0.421 e. The average Bonchev–Trinajstić information content (AvgIpc) is 2.87. The van der Waals surface area contributed by atoms with Gasteiger partial charge in [-0.1, -0.05) is 37.3 Å². The predicted octanol–water partition coefficient (Wildman–Crippen LogP) is 1.07. The Balaban J connectivity index is 1.85. The summed E-state index contributed by atoms with van der Waals surface area (Å²) in [6.07, 6.45) is 0.0641. The van der Waals surface area contributed by atoms with Crippen molar-refractivity contribution in [3.05, 3.63) is 35.9 Å². The van der Waals surface area contributed by atoms with Gasteiger partial charge in [0.1, 0.15) is 13.0 Å². The van der Waals surface area contributed by atoms with E-state index in [2.05, 4.69) is 5.43 Å². The molecule has 1 fully saturated rings. The maximum atomic E-state index is 11.8. The van der Waals surface area contributed by atoms with Crippen LogP contribution >= 0.6 is 0 Å². The van der Waals surface area contributed by atoms with Crippen LogP contribution in [0.4, 0.5) is 4.79 Å². The summed E-state index contributed by atoms with van der Waals surface area (Å²) >= 11 is 0. The van der Waals surface area contributed by atoms with Crippen molar-refractivity contribution in [3.63, 3.8) is 0 Å². The van der Waals surface area contributed by atoms with Gasteiger partial charge in [0, 0.05) is 6.42 Å². The second-order valence-electron chi connectivity index (χ2n) is 5.63. The third-order valence-electron chi connectivity index (χ3n) is 3.63. The summed E-state index contributed by atoms with van der Waals surface area (Å²) in [5.74, 6) is -0.0289. The highest BCUT2D eigenvalue weighted by molar-refractivity contribution is 5.66. The first-order chi connectivity index (χ1) is 11.1. The van der Waals surface area contributed by atoms with Gasteiger partial charge in [0.15, 0.2) is 6.29 Å². The number of aliphatic hydroxyl groups excluding tert-OH is 1. The number of amides is 1. The van der Waals surface area contributed by atoms with E-state index in [4.69, 9.17) is 9.47 Å². The fourth-order valence-corrected chi connectivity index (χ4v) is 2.30. The fraction of sp³-hybridized carbons (Fsp3) is 0.500. The molecule has 0 radical (unpaired) electrons. The monoisotopic (exact) mass is 322 g/mol. The van der Waals surface area contributed by atoms with Gasteiger partial charge >= 0.3 is 6.09 Å². The molecule has 0 spiro atoms. The van der Waals surface area contributed by atoms with Crippen molar-refractivity contribution in [3.8, 4) is 0 Å². The minimum absolute atomic E-state index is 0.0289. The highest BCUT2D eigenvalue weighted by Gasteiger charge is 2.35. The molecule has 1 amide bonds. The van der Waals surface area contributed by atoms with Crippen molar-refractivity contribution in [2.75, 3.05) is 13.3 Å². The molecule has 126 valence electrons. The molecule has 1 aliphatic rings. The van der Waals surface area contributed by atoms with Gasteiger partial charge in [0.05, 0.1) is 12.6 Å². The van der Waals surface area contributed by atoms with Gasteiger partial charge in [-0.15, -0.1) is 0 Å². The zero-order valence-electron chi connectivity index (χ0n) is 13.1. The standard InChI is InChI=1S/C16H22N2O5/c1-12(7-8-19)10-22-16(21)17-18-11-23-15(20)14(18)9-13-5-3-2-4-6-13/h2-6,8,12,14-15,20H,7,9-11H2,1H3,(H,17,21). The van der Waals surface area contributed by atoms with Gasteiger partial charge in [-0.2, -0.15) is 5.01 Å². The second-order valence-corrected chi connectivity index (χ2v) is 5.63. The minimum Gasteiger partial charge on any atom is -0.448 e. The number of aldehydes is 1. The summed E-state index contributed by atoms with van der Waals surface area (Å²) in [7, 11) is 0. The first-order valence-corrected chi connectivity index (χ1v) is 7.57. The van der Waals surface area contributed by atoms with E-state index in [1.54, 1.807) is 0 Å². The lowest BCUT2D eigenvalue weighted by molar-refractivity contribution is -0.108. The van der Waals surface area contributed by atoms with Crippen LogP contribution in [0.25, 0.3) is 0 Å². The first kappa shape index (κ1) is 17.4. The van der Waals surface area contributed by atoms with Gasteiger partial charge in [-0.3, -0.25) is 5.43 Å². The number of carbonyl (C=O) groups is 2.